The van der Waals surface area contributed by atoms with Crippen LogP contribution in [0.4, 0.5) is 0 Å². The molecule has 2 aliphatic rings. The molecule has 2 fully saturated rings. The van der Waals surface area contributed by atoms with E-state index in [-0.39, 0.29) is 41.5 Å². The maximum absolute atomic E-state index is 12.3. The van der Waals surface area contributed by atoms with Gasteiger partial charge in [0.05, 0.1) is 11.8 Å². The number of imide groups is 1. The van der Waals surface area contributed by atoms with Crippen LogP contribution in [-0.4, -0.2) is 22.8 Å². The average Bonchev–Trinajstić information content (AvgIpc) is 2.76. The molecule has 0 spiro atoms. The fraction of sp³-hybridized carbons (Fsp3) is 0.571. The number of carbonyl (C=O) groups excluding carboxylic acids is 2. The summed E-state index contributed by atoms with van der Waals surface area (Å²) in [7, 11) is 0. The molecule has 0 bridgehead atoms. The van der Waals surface area contributed by atoms with E-state index in [0.29, 0.717) is 0 Å². The van der Waals surface area contributed by atoms with E-state index in [9.17, 15) is 9.59 Å². The lowest BCUT2D eigenvalue weighted by atomic mass is 9.89. The molecule has 4 atom stereocenters. The van der Waals surface area contributed by atoms with E-state index in [1.54, 1.807) is 0 Å². The van der Waals surface area contributed by atoms with Crippen molar-refractivity contribution in [2.24, 2.45) is 23.7 Å². The standard InChI is InChI=1S/C14H19NO2/c1-5-9-7-10(6-2)12-11(9)13(16)15(8(3)4)14(12)17/h5-6,8-12H,1-2,7H2,3-4H3. The quantitative estimate of drug-likeness (QED) is 0.552. The third-order valence-corrected chi connectivity index (χ3v) is 4.02. The predicted molar refractivity (Wildman–Crippen MR) is 66.0 cm³/mol. The third kappa shape index (κ3) is 1.56. The van der Waals surface area contributed by atoms with Gasteiger partial charge in [-0.1, -0.05) is 12.2 Å². The van der Waals surface area contributed by atoms with Crippen molar-refractivity contribution in [3.05, 3.63) is 25.3 Å². The van der Waals surface area contributed by atoms with Crippen molar-refractivity contribution < 1.29 is 9.59 Å². The highest BCUT2D eigenvalue weighted by atomic mass is 16.2. The summed E-state index contributed by atoms with van der Waals surface area (Å²) in [5, 5.41) is 0. The Morgan fingerprint density at radius 3 is 1.82 bits per heavy atom. The van der Waals surface area contributed by atoms with E-state index in [1.165, 1.54) is 4.90 Å². The molecule has 3 nitrogen and oxygen atoms in total. The van der Waals surface area contributed by atoms with E-state index in [4.69, 9.17) is 0 Å². The number of hydrogen-bond acceptors (Lipinski definition) is 2. The topological polar surface area (TPSA) is 37.4 Å². The van der Waals surface area contributed by atoms with Crippen LogP contribution in [0.1, 0.15) is 20.3 Å². The maximum atomic E-state index is 12.3. The summed E-state index contributed by atoms with van der Waals surface area (Å²) < 4.78 is 0. The number of nitrogens with zero attached hydrogens (tertiary/aromatic N) is 1. The van der Waals surface area contributed by atoms with Gasteiger partial charge in [0.15, 0.2) is 0 Å². The van der Waals surface area contributed by atoms with Crippen molar-refractivity contribution in [3.63, 3.8) is 0 Å². The first-order valence-corrected chi connectivity index (χ1v) is 6.15. The Hall–Kier alpha value is -1.38. The lowest BCUT2D eigenvalue weighted by Crippen LogP contribution is -2.38. The van der Waals surface area contributed by atoms with Crippen molar-refractivity contribution >= 4 is 11.8 Å². The van der Waals surface area contributed by atoms with Crippen LogP contribution < -0.4 is 0 Å². The SMILES string of the molecule is C=CC1CC(C=C)C2C(=O)N(C(C)C)C(=O)C12. The van der Waals surface area contributed by atoms with Gasteiger partial charge in [0.2, 0.25) is 11.8 Å². The summed E-state index contributed by atoms with van der Waals surface area (Å²) in [5.74, 6) is -0.226. The van der Waals surface area contributed by atoms with Crippen LogP contribution in [-0.2, 0) is 9.59 Å². The number of allylic oxidation sites excluding steroid dienone is 2. The van der Waals surface area contributed by atoms with Crippen molar-refractivity contribution in [3.8, 4) is 0 Å². The molecule has 4 unspecified atom stereocenters. The molecular weight excluding hydrogens is 214 g/mol. The number of amides is 2. The van der Waals surface area contributed by atoms with Crippen LogP contribution in [0.5, 0.6) is 0 Å². The highest BCUT2D eigenvalue weighted by Crippen LogP contribution is 2.48. The minimum atomic E-state index is -0.203. The summed E-state index contributed by atoms with van der Waals surface area (Å²) >= 11 is 0. The fourth-order valence-electron chi connectivity index (χ4n) is 3.24. The normalized spacial score (nSPS) is 36.5. The monoisotopic (exact) mass is 233 g/mol. The van der Waals surface area contributed by atoms with E-state index >= 15 is 0 Å². The van der Waals surface area contributed by atoms with Gasteiger partial charge < -0.3 is 0 Å². The second-order valence-electron chi connectivity index (χ2n) is 5.23. The molecule has 1 aliphatic heterocycles. The van der Waals surface area contributed by atoms with Gasteiger partial charge in [-0.25, -0.2) is 0 Å². The molecule has 0 aromatic carbocycles. The maximum Gasteiger partial charge on any atom is 0.233 e. The zero-order valence-corrected chi connectivity index (χ0v) is 10.4. The Morgan fingerprint density at radius 1 is 1.12 bits per heavy atom. The molecule has 0 aromatic heterocycles. The summed E-state index contributed by atoms with van der Waals surface area (Å²) in [6.07, 6.45) is 4.46. The summed E-state index contributed by atoms with van der Waals surface area (Å²) in [4.78, 5) is 26.0. The highest BCUT2D eigenvalue weighted by Gasteiger charge is 2.57. The minimum Gasteiger partial charge on any atom is -0.280 e. The molecular formula is C14H19NO2. The number of likely N-dealkylation sites (tertiary alicyclic amines) is 1. The Morgan fingerprint density at radius 2 is 1.53 bits per heavy atom. The van der Waals surface area contributed by atoms with Gasteiger partial charge >= 0.3 is 0 Å². The summed E-state index contributed by atoms with van der Waals surface area (Å²) in [5.41, 5.74) is 0. The van der Waals surface area contributed by atoms with Crippen molar-refractivity contribution in [1.29, 1.82) is 0 Å². The number of fused-ring (bicyclic) bond motifs is 1. The van der Waals surface area contributed by atoms with Gasteiger partial charge in [0, 0.05) is 6.04 Å². The minimum absolute atomic E-state index is 0.0238. The van der Waals surface area contributed by atoms with Crippen LogP contribution in [0.25, 0.3) is 0 Å². The zero-order valence-electron chi connectivity index (χ0n) is 10.4. The van der Waals surface area contributed by atoms with Gasteiger partial charge in [-0.05, 0) is 32.1 Å². The van der Waals surface area contributed by atoms with Gasteiger partial charge in [0.25, 0.3) is 0 Å². The van der Waals surface area contributed by atoms with Gasteiger partial charge in [-0.3, -0.25) is 14.5 Å². The molecule has 0 N–H and O–H groups in total. The molecule has 0 aromatic rings. The first kappa shape index (κ1) is 12.1. The van der Waals surface area contributed by atoms with Crippen molar-refractivity contribution in [1.82, 2.24) is 4.90 Å². The number of hydrogen-bond donors (Lipinski definition) is 0. The summed E-state index contributed by atoms with van der Waals surface area (Å²) in [6.45, 7) is 11.3. The molecule has 0 radical (unpaired) electrons. The molecule has 2 amide bonds. The largest absolute Gasteiger partial charge is 0.280 e. The van der Waals surface area contributed by atoms with Crippen LogP contribution in [0.15, 0.2) is 25.3 Å². The molecule has 92 valence electrons. The van der Waals surface area contributed by atoms with E-state index in [0.717, 1.165) is 6.42 Å². The first-order valence-electron chi connectivity index (χ1n) is 6.15. The highest BCUT2D eigenvalue weighted by molar-refractivity contribution is 6.06. The predicted octanol–water partition coefficient (Wildman–Crippen LogP) is 2.00. The van der Waals surface area contributed by atoms with Gasteiger partial charge in [-0.2, -0.15) is 0 Å². The first-order chi connectivity index (χ1) is 8.02. The number of rotatable bonds is 3. The van der Waals surface area contributed by atoms with Gasteiger partial charge in [-0.15, -0.1) is 13.2 Å². The lowest BCUT2D eigenvalue weighted by Gasteiger charge is -2.22. The Labute approximate surface area is 102 Å². The molecule has 1 heterocycles. The average molecular weight is 233 g/mol. The Balaban J connectivity index is 2.39. The van der Waals surface area contributed by atoms with Crippen LogP contribution in [0, 0.1) is 23.7 Å². The van der Waals surface area contributed by atoms with Gasteiger partial charge in [0.1, 0.15) is 0 Å². The number of carbonyl (C=O) groups is 2. The zero-order chi connectivity index (χ0) is 12.7. The van der Waals surface area contributed by atoms with Crippen molar-refractivity contribution in [2.45, 2.75) is 26.3 Å². The molecule has 1 saturated heterocycles. The molecule has 3 heteroatoms. The van der Waals surface area contributed by atoms with Crippen molar-refractivity contribution in [2.75, 3.05) is 0 Å². The van der Waals surface area contributed by atoms with E-state index < -0.39 is 0 Å². The second-order valence-corrected chi connectivity index (χ2v) is 5.23. The van der Waals surface area contributed by atoms with E-state index in [2.05, 4.69) is 13.2 Å². The second kappa shape index (κ2) is 4.13. The molecule has 2 rings (SSSR count). The summed E-state index contributed by atoms with van der Waals surface area (Å²) in [6, 6.07) is -0.0588. The van der Waals surface area contributed by atoms with E-state index in [1.807, 2.05) is 26.0 Å². The molecule has 17 heavy (non-hydrogen) atoms. The third-order valence-electron chi connectivity index (χ3n) is 4.02. The Kier molecular flexibility index (Phi) is 2.94. The molecule has 1 aliphatic carbocycles. The Bertz CT molecular complexity index is 354. The van der Waals surface area contributed by atoms with Crippen LogP contribution in [0.3, 0.4) is 0 Å². The van der Waals surface area contributed by atoms with Crippen LogP contribution in [0.2, 0.25) is 0 Å². The molecule has 1 saturated carbocycles. The van der Waals surface area contributed by atoms with Crippen LogP contribution >= 0.6 is 0 Å². The lowest BCUT2D eigenvalue weighted by molar-refractivity contribution is -0.142. The smallest absolute Gasteiger partial charge is 0.233 e. The fourth-order valence-corrected chi connectivity index (χ4v) is 3.24.